The summed E-state index contributed by atoms with van der Waals surface area (Å²) >= 11 is 0. The Bertz CT molecular complexity index is 601. The van der Waals surface area contributed by atoms with Gasteiger partial charge in [0.25, 0.3) is 5.16 Å². The first-order chi connectivity index (χ1) is 7.48. The Balaban J connectivity index is 0.000000134. The fourth-order valence-corrected chi connectivity index (χ4v) is 1.91. The maximum atomic E-state index is 10.8. The number of tetrazole rings is 1. The van der Waals surface area contributed by atoms with Gasteiger partial charge in [-0.3, -0.25) is 0 Å². The lowest BCUT2D eigenvalue weighted by atomic mass is 10.6. The molecule has 0 amide bonds. The quantitative estimate of drug-likeness (QED) is 0.608. The van der Waals surface area contributed by atoms with Crippen molar-refractivity contribution in [1.82, 2.24) is 20.2 Å². The van der Waals surface area contributed by atoms with E-state index in [4.69, 9.17) is 0 Å². The van der Waals surface area contributed by atoms with Gasteiger partial charge in [0, 0.05) is 13.3 Å². The van der Waals surface area contributed by atoms with Crippen molar-refractivity contribution in [3.05, 3.63) is 24.3 Å². The standard InChI is InChI=1S/C6H4.C3H6N4O2S/c1-2-5-4-6(5)3-1;1-7-3(4-5-6-7)10(2,8)9/h1-4H;1-2H3. The van der Waals surface area contributed by atoms with Gasteiger partial charge in [-0.25, -0.2) is 13.1 Å². The predicted molar refractivity (Wildman–Crippen MR) is 57.3 cm³/mol. The van der Waals surface area contributed by atoms with Crippen molar-refractivity contribution in [2.75, 3.05) is 6.26 Å². The summed E-state index contributed by atoms with van der Waals surface area (Å²) in [6, 6.07) is 8.48. The molecule has 1 heterocycles. The first-order valence-corrected chi connectivity index (χ1v) is 6.40. The van der Waals surface area contributed by atoms with Crippen LogP contribution in [0.15, 0.2) is 29.4 Å². The topological polar surface area (TPSA) is 77.7 Å². The number of hydrogen-bond acceptors (Lipinski definition) is 5. The van der Waals surface area contributed by atoms with Gasteiger partial charge in [-0.2, -0.15) is 0 Å². The number of nitrogens with zero attached hydrogens (tertiary/aromatic N) is 4. The summed E-state index contributed by atoms with van der Waals surface area (Å²) < 4.78 is 22.6. The van der Waals surface area contributed by atoms with E-state index in [0.29, 0.717) is 0 Å². The Morgan fingerprint density at radius 2 is 1.88 bits per heavy atom. The molecule has 7 heteroatoms. The van der Waals surface area contributed by atoms with E-state index in [1.807, 2.05) is 0 Å². The summed E-state index contributed by atoms with van der Waals surface area (Å²) in [7, 11) is -1.79. The molecule has 0 bridgehead atoms. The summed E-state index contributed by atoms with van der Waals surface area (Å²) in [5, 5.41) is 9.71. The van der Waals surface area contributed by atoms with Crippen LogP contribution in [0.2, 0.25) is 0 Å². The molecular weight excluding hydrogens is 228 g/mol. The SMILES string of the molecule is Cn1nnnc1S(C)(=O)=O.c1cc2cc-2c1. The minimum Gasteiger partial charge on any atom is -0.221 e. The maximum absolute atomic E-state index is 10.8. The molecule has 2 aliphatic rings. The smallest absolute Gasteiger partial charge is 0.221 e. The van der Waals surface area contributed by atoms with Crippen LogP contribution in [0.3, 0.4) is 0 Å². The third-order valence-electron chi connectivity index (χ3n) is 2.03. The summed E-state index contributed by atoms with van der Waals surface area (Å²) in [6.45, 7) is 0. The van der Waals surface area contributed by atoms with Crippen molar-refractivity contribution in [3.63, 3.8) is 0 Å². The number of aryl methyl sites for hydroxylation is 1. The van der Waals surface area contributed by atoms with E-state index in [0.717, 1.165) is 10.9 Å². The summed E-state index contributed by atoms with van der Waals surface area (Å²) in [6.07, 6.45) is 1.05. The zero-order chi connectivity index (χ0) is 11.8. The molecule has 0 aliphatic heterocycles. The fraction of sp³-hybridized carbons (Fsp3) is 0.222. The molecule has 0 spiro atoms. The molecule has 0 radical (unpaired) electrons. The largest absolute Gasteiger partial charge is 0.267 e. The third-order valence-corrected chi connectivity index (χ3v) is 3.03. The van der Waals surface area contributed by atoms with Crippen molar-refractivity contribution >= 4 is 9.84 Å². The number of hydrogen-bond donors (Lipinski definition) is 0. The molecule has 0 saturated carbocycles. The van der Waals surface area contributed by atoms with Gasteiger partial charge < -0.3 is 0 Å². The van der Waals surface area contributed by atoms with Crippen LogP contribution in [0.5, 0.6) is 0 Å². The van der Waals surface area contributed by atoms with E-state index in [-0.39, 0.29) is 5.16 Å². The number of benzene rings is 1. The lowest BCUT2D eigenvalue weighted by Gasteiger charge is -1.91. The van der Waals surface area contributed by atoms with Crippen LogP contribution in [0.4, 0.5) is 0 Å². The first-order valence-electron chi connectivity index (χ1n) is 4.51. The van der Waals surface area contributed by atoms with Crippen molar-refractivity contribution in [2.45, 2.75) is 5.16 Å². The van der Waals surface area contributed by atoms with Crippen LogP contribution in [0.1, 0.15) is 0 Å². The molecular formula is C9H10N4O2S. The molecule has 0 fully saturated rings. The van der Waals surface area contributed by atoms with Gasteiger partial charge in [0.2, 0.25) is 9.84 Å². The van der Waals surface area contributed by atoms with E-state index >= 15 is 0 Å². The van der Waals surface area contributed by atoms with E-state index < -0.39 is 9.84 Å². The van der Waals surface area contributed by atoms with Crippen LogP contribution in [0, 0.1) is 0 Å². The first kappa shape index (κ1) is 10.7. The van der Waals surface area contributed by atoms with E-state index in [1.54, 1.807) is 0 Å². The number of aromatic nitrogens is 4. The highest BCUT2D eigenvalue weighted by molar-refractivity contribution is 7.90. The normalized spacial score (nSPS) is 11.6. The van der Waals surface area contributed by atoms with Crippen LogP contribution in [0.25, 0.3) is 11.1 Å². The highest BCUT2D eigenvalue weighted by Crippen LogP contribution is 2.32. The van der Waals surface area contributed by atoms with Crippen molar-refractivity contribution in [3.8, 4) is 11.1 Å². The van der Waals surface area contributed by atoms with Gasteiger partial charge in [-0.15, -0.1) is 0 Å². The molecule has 84 valence electrons. The van der Waals surface area contributed by atoms with Crippen molar-refractivity contribution in [2.24, 2.45) is 7.05 Å². The van der Waals surface area contributed by atoms with Crippen LogP contribution >= 0.6 is 0 Å². The fourth-order valence-electron chi connectivity index (χ4n) is 1.21. The highest BCUT2D eigenvalue weighted by Gasteiger charge is 2.13. The van der Waals surface area contributed by atoms with Gasteiger partial charge in [0.05, 0.1) is 0 Å². The maximum Gasteiger partial charge on any atom is 0.267 e. The second-order valence-electron chi connectivity index (χ2n) is 3.44. The second kappa shape index (κ2) is 3.67. The van der Waals surface area contributed by atoms with Crippen molar-refractivity contribution in [1.29, 1.82) is 0 Å². The Morgan fingerprint density at radius 3 is 2.06 bits per heavy atom. The lowest BCUT2D eigenvalue weighted by Crippen LogP contribution is -2.06. The zero-order valence-electron chi connectivity index (χ0n) is 8.82. The molecule has 1 aromatic heterocycles. The summed E-state index contributed by atoms with van der Waals surface area (Å²) in [5.74, 6) is 0. The monoisotopic (exact) mass is 238 g/mol. The van der Waals surface area contributed by atoms with E-state index in [2.05, 4.69) is 39.8 Å². The van der Waals surface area contributed by atoms with Crippen LogP contribution in [-0.2, 0) is 16.9 Å². The predicted octanol–water partition coefficient (Wildman–Crippen LogP) is 0.281. The minimum absolute atomic E-state index is 0.118. The van der Waals surface area contributed by atoms with E-state index in [1.165, 1.54) is 18.2 Å². The molecule has 0 atom stereocenters. The Kier molecular flexibility index (Phi) is 2.47. The highest BCUT2D eigenvalue weighted by atomic mass is 32.2. The third kappa shape index (κ3) is 2.25. The van der Waals surface area contributed by atoms with Crippen LogP contribution < -0.4 is 0 Å². The molecule has 16 heavy (non-hydrogen) atoms. The van der Waals surface area contributed by atoms with Gasteiger partial charge in [0.1, 0.15) is 0 Å². The molecule has 0 aromatic carbocycles. The molecule has 1 aromatic rings. The molecule has 3 rings (SSSR count). The van der Waals surface area contributed by atoms with Crippen LogP contribution in [-0.4, -0.2) is 34.9 Å². The molecule has 0 N–H and O–H groups in total. The minimum atomic E-state index is -3.26. The average molecular weight is 238 g/mol. The van der Waals surface area contributed by atoms with Gasteiger partial charge in [-0.05, 0) is 27.6 Å². The lowest BCUT2D eigenvalue weighted by molar-refractivity contribution is 0.574. The van der Waals surface area contributed by atoms with Gasteiger partial charge in [0.15, 0.2) is 0 Å². The number of fused-ring (bicyclic) bond motifs is 1. The van der Waals surface area contributed by atoms with Crippen molar-refractivity contribution < 1.29 is 8.42 Å². The number of rotatable bonds is 1. The Labute approximate surface area is 92.8 Å². The summed E-state index contributed by atoms with van der Waals surface area (Å²) in [4.78, 5) is 0. The molecule has 6 nitrogen and oxygen atoms in total. The molecule has 0 saturated heterocycles. The Hall–Kier alpha value is -1.76. The van der Waals surface area contributed by atoms with E-state index in [9.17, 15) is 8.42 Å². The van der Waals surface area contributed by atoms with Gasteiger partial charge >= 0.3 is 0 Å². The summed E-state index contributed by atoms with van der Waals surface area (Å²) in [5.41, 5.74) is 2.85. The number of sulfone groups is 1. The Morgan fingerprint density at radius 1 is 1.25 bits per heavy atom. The van der Waals surface area contributed by atoms with Gasteiger partial charge in [-0.1, -0.05) is 23.3 Å². The second-order valence-corrected chi connectivity index (χ2v) is 5.35. The average Bonchev–Trinajstić information content (AvgIpc) is 2.64. The molecule has 2 aliphatic carbocycles. The molecule has 0 unspecified atom stereocenters. The zero-order valence-corrected chi connectivity index (χ0v) is 9.64.